The number of nitrogens with one attached hydrogen (secondary N) is 1. The third-order valence-electron chi connectivity index (χ3n) is 6.52. The van der Waals surface area contributed by atoms with Crippen LogP contribution >= 0.6 is 0 Å². The van der Waals surface area contributed by atoms with Crippen molar-refractivity contribution >= 4 is 27.8 Å². The summed E-state index contributed by atoms with van der Waals surface area (Å²) in [5.41, 5.74) is 3.32. The predicted molar refractivity (Wildman–Crippen MR) is 117 cm³/mol. The monoisotopic (exact) mass is 439 g/mol. The van der Waals surface area contributed by atoms with Crippen molar-refractivity contribution in [3.05, 3.63) is 53.4 Å². The molecule has 5 rings (SSSR count). The van der Waals surface area contributed by atoms with E-state index in [1.54, 1.807) is 18.3 Å². The molecule has 2 aromatic heterocycles. The Bertz CT molecular complexity index is 1370. The maximum atomic E-state index is 15.8. The normalized spacial score (nSPS) is 18.4. The van der Waals surface area contributed by atoms with Gasteiger partial charge >= 0.3 is 5.97 Å². The van der Waals surface area contributed by atoms with Crippen LogP contribution in [0.25, 0.3) is 27.5 Å². The number of methoxy groups -OCH3 is 1. The number of benzene rings is 2. The van der Waals surface area contributed by atoms with Gasteiger partial charge in [-0.2, -0.15) is 5.10 Å². The van der Waals surface area contributed by atoms with Gasteiger partial charge in [0.2, 0.25) is 0 Å². The molecule has 4 aromatic rings. The van der Waals surface area contributed by atoms with Gasteiger partial charge in [-0.05, 0) is 48.4 Å². The molecule has 0 saturated heterocycles. The second-order valence-corrected chi connectivity index (χ2v) is 8.73. The summed E-state index contributed by atoms with van der Waals surface area (Å²) < 4.78 is 37.1. The number of hydrogen-bond donors (Lipinski definition) is 2. The van der Waals surface area contributed by atoms with Gasteiger partial charge in [0.05, 0.1) is 24.7 Å². The second-order valence-electron chi connectivity index (χ2n) is 8.73. The van der Waals surface area contributed by atoms with Gasteiger partial charge in [-0.25, -0.2) is 8.78 Å². The number of carbonyl (C=O) groups is 1. The summed E-state index contributed by atoms with van der Waals surface area (Å²) in [6.45, 7) is 4.04. The largest absolute Gasteiger partial charge is 0.494 e. The van der Waals surface area contributed by atoms with E-state index in [0.717, 1.165) is 11.3 Å². The molecule has 6 nitrogen and oxygen atoms in total. The average molecular weight is 439 g/mol. The molecular formula is C24H23F2N3O3. The van der Waals surface area contributed by atoms with Crippen molar-refractivity contribution in [1.82, 2.24) is 14.8 Å². The number of aliphatic carboxylic acids is 1. The summed E-state index contributed by atoms with van der Waals surface area (Å²) in [5, 5.41) is 17.2. The first-order valence-electron chi connectivity index (χ1n) is 10.6. The van der Waals surface area contributed by atoms with Crippen molar-refractivity contribution in [1.29, 1.82) is 0 Å². The lowest BCUT2D eigenvalue weighted by Gasteiger charge is -2.34. The van der Waals surface area contributed by atoms with Crippen LogP contribution in [0.4, 0.5) is 8.78 Å². The predicted octanol–water partition coefficient (Wildman–Crippen LogP) is 5.50. The van der Waals surface area contributed by atoms with E-state index in [1.807, 2.05) is 24.5 Å². The van der Waals surface area contributed by atoms with E-state index in [4.69, 9.17) is 4.74 Å². The van der Waals surface area contributed by atoms with Gasteiger partial charge in [0, 0.05) is 28.2 Å². The summed E-state index contributed by atoms with van der Waals surface area (Å²) >= 11 is 0. The maximum Gasteiger partial charge on any atom is 0.306 e. The van der Waals surface area contributed by atoms with E-state index in [1.165, 1.54) is 13.2 Å². The lowest BCUT2D eigenvalue weighted by molar-refractivity contribution is -0.145. The van der Waals surface area contributed by atoms with Gasteiger partial charge in [0.15, 0.2) is 17.4 Å². The van der Waals surface area contributed by atoms with Crippen LogP contribution < -0.4 is 4.74 Å². The number of ether oxygens (including phenoxy) is 1. The minimum absolute atomic E-state index is 0.00759. The first kappa shape index (κ1) is 20.5. The number of aromatic nitrogens is 3. The summed E-state index contributed by atoms with van der Waals surface area (Å²) in [4.78, 5) is 11.4. The van der Waals surface area contributed by atoms with Crippen LogP contribution in [0.1, 0.15) is 49.8 Å². The minimum atomic E-state index is -0.823. The smallest absolute Gasteiger partial charge is 0.306 e. The van der Waals surface area contributed by atoms with Crippen molar-refractivity contribution in [2.45, 2.75) is 38.5 Å². The number of rotatable bonds is 5. The van der Waals surface area contributed by atoms with Crippen molar-refractivity contribution in [2.75, 3.05) is 7.11 Å². The fourth-order valence-electron chi connectivity index (χ4n) is 4.95. The van der Waals surface area contributed by atoms with Crippen LogP contribution in [0.2, 0.25) is 0 Å². The Balaban J connectivity index is 1.86. The molecule has 0 bridgehead atoms. The summed E-state index contributed by atoms with van der Waals surface area (Å²) in [7, 11) is 1.40. The van der Waals surface area contributed by atoms with Crippen LogP contribution in [0.15, 0.2) is 30.5 Å². The number of aromatic amines is 1. The molecule has 0 atom stereocenters. The molecule has 2 N–H and O–H groups in total. The lowest BCUT2D eigenvalue weighted by atomic mass is 9.70. The quantitative estimate of drug-likeness (QED) is 0.431. The first-order chi connectivity index (χ1) is 15.3. The topological polar surface area (TPSA) is 80.1 Å². The molecule has 0 spiro atoms. The van der Waals surface area contributed by atoms with E-state index in [0.29, 0.717) is 40.3 Å². The molecule has 2 aromatic carbocycles. The summed E-state index contributed by atoms with van der Waals surface area (Å²) in [6, 6.07) is 6.45. The zero-order valence-corrected chi connectivity index (χ0v) is 17.9. The Morgan fingerprint density at radius 2 is 2.03 bits per heavy atom. The molecule has 32 heavy (non-hydrogen) atoms. The fourth-order valence-corrected chi connectivity index (χ4v) is 4.95. The highest BCUT2D eigenvalue weighted by Crippen LogP contribution is 2.50. The molecule has 166 valence electrons. The molecule has 2 heterocycles. The number of fused-ring (bicyclic) bond motifs is 2. The third-order valence-corrected chi connectivity index (χ3v) is 6.52. The van der Waals surface area contributed by atoms with E-state index in [2.05, 4.69) is 10.2 Å². The number of carboxylic acid groups (broad SMARTS) is 1. The van der Waals surface area contributed by atoms with Crippen molar-refractivity contribution in [3.63, 3.8) is 0 Å². The second kappa shape index (κ2) is 7.32. The number of H-pyrrole nitrogens is 1. The van der Waals surface area contributed by atoms with Gasteiger partial charge in [0.25, 0.3) is 0 Å². The van der Waals surface area contributed by atoms with Crippen molar-refractivity contribution < 1.29 is 23.4 Å². The minimum Gasteiger partial charge on any atom is -0.494 e. The Morgan fingerprint density at radius 1 is 1.28 bits per heavy atom. The number of nitrogens with zero attached hydrogens (tertiary/aromatic N) is 2. The van der Waals surface area contributed by atoms with Crippen molar-refractivity contribution in [3.8, 4) is 11.4 Å². The van der Waals surface area contributed by atoms with Crippen LogP contribution in [-0.2, 0) is 4.79 Å². The highest BCUT2D eigenvalue weighted by Gasteiger charge is 2.40. The van der Waals surface area contributed by atoms with Crippen LogP contribution in [0.5, 0.6) is 5.75 Å². The van der Waals surface area contributed by atoms with E-state index in [-0.39, 0.29) is 17.6 Å². The van der Waals surface area contributed by atoms with Gasteiger partial charge in [-0.1, -0.05) is 13.8 Å². The number of halogens is 2. The maximum absolute atomic E-state index is 15.8. The molecule has 0 unspecified atom stereocenters. The average Bonchev–Trinajstić information content (AvgIpc) is 3.31. The SMILES string of the molecule is COc1cc(-n2c(C(C)C)c(C3CC(C(=O)O)C3)c3c(F)c4[nH]ncc4cc32)ccc1F. The highest BCUT2D eigenvalue weighted by molar-refractivity contribution is 6.00. The molecule has 1 aliphatic rings. The number of hydrogen-bond acceptors (Lipinski definition) is 3. The van der Waals surface area contributed by atoms with E-state index in [9.17, 15) is 14.3 Å². The molecule has 0 radical (unpaired) electrons. The van der Waals surface area contributed by atoms with Gasteiger partial charge in [0.1, 0.15) is 5.52 Å². The van der Waals surface area contributed by atoms with Crippen LogP contribution in [0, 0.1) is 17.6 Å². The molecule has 1 fully saturated rings. The summed E-state index contributed by atoms with van der Waals surface area (Å²) in [5.74, 6) is -2.11. The first-order valence-corrected chi connectivity index (χ1v) is 10.6. The summed E-state index contributed by atoms with van der Waals surface area (Å²) in [6.07, 6.45) is 2.49. The molecule has 8 heteroatoms. The van der Waals surface area contributed by atoms with Crippen LogP contribution in [-0.4, -0.2) is 33.0 Å². The standard InChI is InChI=1S/C24H23F2N3O3/c1-11(2)23-19(12-6-13(7-12)24(30)31)20-17(8-14-10-27-28-22(14)21(20)26)29(23)15-4-5-16(25)18(9-15)32-3/h4-5,8-13H,6-7H2,1-3H3,(H,27,28)(H,30,31). The van der Waals surface area contributed by atoms with Crippen molar-refractivity contribution in [2.24, 2.45) is 5.92 Å². The fraction of sp³-hybridized carbons (Fsp3) is 0.333. The zero-order chi connectivity index (χ0) is 22.7. The van der Waals surface area contributed by atoms with E-state index < -0.39 is 23.5 Å². The lowest BCUT2D eigenvalue weighted by Crippen LogP contribution is -2.29. The Kier molecular flexibility index (Phi) is 4.69. The van der Waals surface area contributed by atoms with Gasteiger partial charge in [-0.3, -0.25) is 9.89 Å². The Morgan fingerprint density at radius 3 is 2.69 bits per heavy atom. The number of carboxylic acids is 1. The van der Waals surface area contributed by atoms with E-state index >= 15 is 4.39 Å². The highest BCUT2D eigenvalue weighted by atomic mass is 19.1. The Hall–Kier alpha value is -3.42. The zero-order valence-electron chi connectivity index (χ0n) is 17.9. The third kappa shape index (κ3) is 2.89. The van der Waals surface area contributed by atoms with Crippen LogP contribution in [0.3, 0.4) is 0 Å². The van der Waals surface area contributed by atoms with Gasteiger partial charge < -0.3 is 14.4 Å². The molecule has 1 aliphatic carbocycles. The van der Waals surface area contributed by atoms with Gasteiger partial charge in [-0.15, -0.1) is 0 Å². The Labute approximate surface area is 182 Å². The molecule has 0 amide bonds. The molecular weight excluding hydrogens is 416 g/mol. The molecule has 1 saturated carbocycles. The molecule has 0 aliphatic heterocycles.